The van der Waals surface area contributed by atoms with Crippen molar-refractivity contribution in [2.24, 2.45) is 0 Å². The average Bonchev–Trinajstić information content (AvgIpc) is 2.65. The predicted octanol–water partition coefficient (Wildman–Crippen LogP) is 3.52. The molecule has 0 fully saturated rings. The number of aryl methyl sites for hydroxylation is 2. The molecular formula is C14H14N2. The summed E-state index contributed by atoms with van der Waals surface area (Å²) in [6, 6.07) is 10.7. The summed E-state index contributed by atoms with van der Waals surface area (Å²) in [6.07, 6.45) is 1.89. The second-order valence-corrected chi connectivity index (χ2v) is 4.05. The maximum absolute atomic E-state index is 4.39. The van der Waals surface area contributed by atoms with Crippen molar-refractivity contribution in [3.05, 3.63) is 42.2 Å². The van der Waals surface area contributed by atoms with E-state index in [2.05, 4.69) is 53.7 Å². The fraction of sp³-hybridized carbons (Fsp3) is 0.214. The van der Waals surface area contributed by atoms with Crippen LogP contribution in [-0.2, 0) is 6.54 Å². The quantitative estimate of drug-likeness (QED) is 0.601. The number of aromatic nitrogens is 2. The Morgan fingerprint density at radius 2 is 1.94 bits per heavy atom. The Morgan fingerprint density at radius 1 is 1.12 bits per heavy atom. The molecule has 0 radical (unpaired) electrons. The van der Waals surface area contributed by atoms with Crippen molar-refractivity contribution in [1.29, 1.82) is 0 Å². The van der Waals surface area contributed by atoms with Gasteiger partial charge in [-0.3, -0.25) is 4.98 Å². The molecular weight excluding hydrogens is 196 g/mol. The first-order valence-electron chi connectivity index (χ1n) is 5.65. The highest BCUT2D eigenvalue weighted by Gasteiger charge is 2.10. The van der Waals surface area contributed by atoms with Gasteiger partial charge in [0, 0.05) is 29.0 Å². The summed E-state index contributed by atoms with van der Waals surface area (Å²) in [7, 11) is 0. The second kappa shape index (κ2) is 3.34. The topological polar surface area (TPSA) is 17.8 Å². The SMILES string of the molecule is CCn1c2ccccc2c2ccnc(C)c21. The molecule has 0 bridgehead atoms. The van der Waals surface area contributed by atoms with E-state index >= 15 is 0 Å². The molecule has 0 aliphatic rings. The molecule has 80 valence electrons. The zero-order valence-corrected chi connectivity index (χ0v) is 9.57. The molecule has 0 saturated heterocycles. The van der Waals surface area contributed by atoms with Gasteiger partial charge in [-0.2, -0.15) is 0 Å². The van der Waals surface area contributed by atoms with E-state index in [1.807, 2.05) is 6.20 Å². The van der Waals surface area contributed by atoms with E-state index < -0.39 is 0 Å². The molecule has 0 aliphatic carbocycles. The molecule has 1 aromatic carbocycles. The van der Waals surface area contributed by atoms with Crippen molar-refractivity contribution < 1.29 is 0 Å². The molecule has 2 heteroatoms. The van der Waals surface area contributed by atoms with E-state index in [1.54, 1.807) is 0 Å². The summed E-state index contributed by atoms with van der Waals surface area (Å²) in [6.45, 7) is 5.24. The van der Waals surface area contributed by atoms with Gasteiger partial charge in [-0.1, -0.05) is 18.2 Å². The Bertz CT molecular complexity index is 665. The molecule has 0 amide bonds. The van der Waals surface area contributed by atoms with Crippen molar-refractivity contribution in [2.45, 2.75) is 20.4 Å². The number of benzene rings is 1. The van der Waals surface area contributed by atoms with Crippen LogP contribution in [0.3, 0.4) is 0 Å². The molecule has 0 aliphatic heterocycles. The van der Waals surface area contributed by atoms with Gasteiger partial charge in [0.15, 0.2) is 0 Å². The van der Waals surface area contributed by atoms with E-state index in [9.17, 15) is 0 Å². The molecule has 2 nitrogen and oxygen atoms in total. The predicted molar refractivity (Wildman–Crippen MR) is 67.7 cm³/mol. The van der Waals surface area contributed by atoms with E-state index in [1.165, 1.54) is 21.8 Å². The van der Waals surface area contributed by atoms with E-state index in [-0.39, 0.29) is 0 Å². The summed E-state index contributed by atoms with van der Waals surface area (Å²) in [4.78, 5) is 4.39. The van der Waals surface area contributed by atoms with E-state index in [4.69, 9.17) is 0 Å². The summed E-state index contributed by atoms with van der Waals surface area (Å²) >= 11 is 0. The minimum atomic E-state index is 0.983. The third-order valence-electron chi connectivity index (χ3n) is 3.18. The van der Waals surface area contributed by atoms with Crippen LogP contribution in [0.1, 0.15) is 12.6 Å². The van der Waals surface area contributed by atoms with Crippen LogP contribution in [-0.4, -0.2) is 9.55 Å². The van der Waals surface area contributed by atoms with Crippen molar-refractivity contribution in [2.75, 3.05) is 0 Å². The first-order chi connectivity index (χ1) is 7.83. The molecule has 16 heavy (non-hydrogen) atoms. The standard InChI is InChI=1S/C14H14N2/c1-3-16-13-7-5-4-6-11(13)12-8-9-15-10(2)14(12)16/h4-9H,3H2,1-2H3. The number of para-hydroxylation sites is 1. The number of hydrogen-bond acceptors (Lipinski definition) is 1. The summed E-state index contributed by atoms with van der Waals surface area (Å²) < 4.78 is 2.34. The van der Waals surface area contributed by atoms with Crippen molar-refractivity contribution >= 4 is 21.8 Å². The molecule has 0 N–H and O–H groups in total. The van der Waals surface area contributed by atoms with Crippen LogP contribution in [0, 0.1) is 6.92 Å². The summed E-state index contributed by atoms with van der Waals surface area (Å²) in [5.74, 6) is 0. The Labute approximate surface area is 94.5 Å². The average molecular weight is 210 g/mol. The first-order valence-corrected chi connectivity index (χ1v) is 5.65. The maximum Gasteiger partial charge on any atom is 0.0707 e. The highest BCUT2D eigenvalue weighted by molar-refractivity contribution is 6.08. The number of nitrogens with zero attached hydrogens (tertiary/aromatic N) is 2. The molecule has 2 heterocycles. The minimum absolute atomic E-state index is 0.983. The van der Waals surface area contributed by atoms with E-state index in [0.29, 0.717) is 0 Å². The van der Waals surface area contributed by atoms with Crippen LogP contribution >= 0.6 is 0 Å². The normalized spacial score (nSPS) is 11.4. The third kappa shape index (κ3) is 1.10. The fourth-order valence-corrected chi connectivity index (χ4v) is 2.50. The Balaban J connectivity index is 2.64. The first kappa shape index (κ1) is 9.40. The Kier molecular flexibility index (Phi) is 1.96. The van der Waals surface area contributed by atoms with Gasteiger partial charge in [0.25, 0.3) is 0 Å². The smallest absolute Gasteiger partial charge is 0.0707 e. The lowest BCUT2D eigenvalue weighted by Gasteiger charge is -2.04. The summed E-state index contributed by atoms with van der Waals surface area (Å²) in [5.41, 5.74) is 3.68. The highest BCUT2D eigenvalue weighted by atomic mass is 15.0. The Morgan fingerprint density at radius 3 is 2.75 bits per heavy atom. The van der Waals surface area contributed by atoms with E-state index in [0.717, 1.165) is 12.2 Å². The van der Waals surface area contributed by atoms with Crippen LogP contribution in [0.15, 0.2) is 36.5 Å². The van der Waals surface area contributed by atoms with Crippen LogP contribution in [0.4, 0.5) is 0 Å². The largest absolute Gasteiger partial charge is 0.339 e. The lowest BCUT2D eigenvalue weighted by atomic mass is 10.2. The Hall–Kier alpha value is -1.83. The lowest BCUT2D eigenvalue weighted by molar-refractivity contribution is 0.822. The van der Waals surface area contributed by atoms with Crippen LogP contribution in [0.2, 0.25) is 0 Å². The fourth-order valence-electron chi connectivity index (χ4n) is 2.50. The maximum atomic E-state index is 4.39. The zero-order chi connectivity index (χ0) is 11.1. The highest BCUT2D eigenvalue weighted by Crippen LogP contribution is 2.29. The molecule has 0 unspecified atom stereocenters. The number of hydrogen-bond donors (Lipinski definition) is 0. The van der Waals surface area contributed by atoms with Crippen molar-refractivity contribution in [1.82, 2.24) is 9.55 Å². The monoisotopic (exact) mass is 210 g/mol. The van der Waals surface area contributed by atoms with Gasteiger partial charge in [0.2, 0.25) is 0 Å². The molecule has 3 aromatic rings. The summed E-state index contributed by atoms with van der Waals surface area (Å²) in [5, 5.41) is 2.63. The van der Waals surface area contributed by atoms with Gasteiger partial charge in [-0.15, -0.1) is 0 Å². The van der Waals surface area contributed by atoms with Gasteiger partial charge in [-0.05, 0) is 26.0 Å². The second-order valence-electron chi connectivity index (χ2n) is 4.05. The lowest BCUT2D eigenvalue weighted by Crippen LogP contribution is -1.95. The van der Waals surface area contributed by atoms with Crippen molar-refractivity contribution in [3.8, 4) is 0 Å². The van der Waals surface area contributed by atoms with Crippen molar-refractivity contribution in [3.63, 3.8) is 0 Å². The number of pyridine rings is 1. The molecule has 0 saturated carbocycles. The van der Waals surface area contributed by atoms with Crippen LogP contribution in [0.25, 0.3) is 21.8 Å². The van der Waals surface area contributed by atoms with Gasteiger partial charge in [0.1, 0.15) is 0 Å². The van der Waals surface area contributed by atoms with Crippen LogP contribution in [0.5, 0.6) is 0 Å². The molecule has 2 aromatic heterocycles. The molecule has 3 rings (SSSR count). The van der Waals surface area contributed by atoms with Gasteiger partial charge < -0.3 is 4.57 Å². The number of rotatable bonds is 1. The minimum Gasteiger partial charge on any atom is -0.339 e. The van der Waals surface area contributed by atoms with Gasteiger partial charge in [0.05, 0.1) is 11.2 Å². The third-order valence-corrected chi connectivity index (χ3v) is 3.18. The van der Waals surface area contributed by atoms with Crippen LogP contribution < -0.4 is 0 Å². The van der Waals surface area contributed by atoms with Gasteiger partial charge in [-0.25, -0.2) is 0 Å². The van der Waals surface area contributed by atoms with Gasteiger partial charge >= 0.3 is 0 Å². The zero-order valence-electron chi connectivity index (χ0n) is 9.57. The molecule has 0 atom stereocenters. The number of fused-ring (bicyclic) bond motifs is 3. The molecule has 0 spiro atoms.